The Morgan fingerprint density at radius 1 is 0.960 bits per heavy atom. The summed E-state index contributed by atoms with van der Waals surface area (Å²) in [6.07, 6.45) is -2.10. The van der Waals surface area contributed by atoms with E-state index in [0.717, 1.165) is 0 Å². The summed E-state index contributed by atoms with van der Waals surface area (Å²) < 4.78 is 1.38. The van der Waals surface area contributed by atoms with E-state index in [1.165, 1.54) is 0 Å². The molecule has 0 saturated carbocycles. The Morgan fingerprint density at radius 3 is 1.96 bits per heavy atom. The highest BCUT2D eigenvalue weighted by molar-refractivity contribution is 14.1. The van der Waals surface area contributed by atoms with Gasteiger partial charge in [-0.05, 0) is 73.3 Å². The second-order valence-electron chi connectivity index (χ2n) is 5.12. The maximum Gasteiger partial charge on any atom is 0.253 e. The second kappa shape index (κ2) is 10.5. The fourth-order valence-electron chi connectivity index (χ4n) is 1.97. The van der Waals surface area contributed by atoms with E-state index in [-0.39, 0.29) is 24.1 Å². The number of amides is 2. The zero-order valence-corrected chi connectivity index (χ0v) is 19.3. The summed E-state index contributed by atoms with van der Waals surface area (Å²) in [6, 6.07) is 0. The molecule has 0 bridgehead atoms. The van der Waals surface area contributed by atoms with Gasteiger partial charge in [-0.1, -0.05) is 0 Å². The van der Waals surface area contributed by atoms with Crippen molar-refractivity contribution in [2.75, 3.05) is 19.8 Å². The van der Waals surface area contributed by atoms with E-state index in [1.807, 2.05) is 67.8 Å². The number of aliphatic hydroxyl groups is 4. The zero-order chi connectivity index (χ0) is 19.3. The number of nitrogens with two attached hydrogens (primary N) is 1. The van der Waals surface area contributed by atoms with Crippen molar-refractivity contribution in [3.8, 4) is 0 Å². The molecule has 0 radical (unpaired) electrons. The predicted molar refractivity (Wildman–Crippen MR) is 115 cm³/mol. The number of hydrogen-bond donors (Lipinski definition) is 6. The lowest BCUT2D eigenvalue weighted by Crippen LogP contribution is -2.35. The third-order valence-corrected chi connectivity index (χ3v) is 6.70. The molecular formula is C14H17I3N2O6. The third-order valence-electron chi connectivity index (χ3n) is 3.24. The van der Waals surface area contributed by atoms with Crippen LogP contribution in [0, 0.1) is 10.7 Å². The van der Waals surface area contributed by atoms with Crippen molar-refractivity contribution >= 4 is 79.6 Å². The maximum absolute atomic E-state index is 12.5. The van der Waals surface area contributed by atoms with Crippen LogP contribution in [0.1, 0.15) is 26.3 Å². The van der Waals surface area contributed by atoms with Crippen LogP contribution in [-0.4, -0.2) is 64.2 Å². The van der Waals surface area contributed by atoms with E-state index in [2.05, 4.69) is 5.32 Å². The van der Waals surface area contributed by atoms with Gasteiger partial charge in [0.05, 0.1) is 36.5 Å². The van der Waals surface area contributed by atoms with Crippen LogP contribution in [0.3, 0.4) is 0 Å². The second-order valence-corrected chi connectivity index (χ2v) is 8.36. The summed E-state index contributed by atoms with van der Waals surface area (Å²) in [4.78, 5) is 24.4. The van der Waals surface area contributed by atoms with Crippen LogP contribution < -0.4 is 11.1 Å². The predicted octanol–water partition coefficient (Wildman–Crippen LogP) is -0.422. The van der Waals surface area contributed by atoms with Crippen molar-refractivity contribution in [3.05, 3.63) is 27.4 Å². The number of nitrogens with one attached hydrogen (secondary N) is 1. The Kier molecular flexibility index (Phi) is 9.76. The van der Waals surface area contributed by atoms with E-state index >= 15 is 0 Å². The average Bonchev–Trinajstić information content (AvgIpc) is 2.55. The van der Waals surface area contributed by atoms with E-state index in [4.69, 9.17) is 15.9 Å². The molecule has 2 amide bonds. The molecule has 0 aromatic heterocycles. The molecule has 7 N–H and O–H groups in total. The fraction of sp³-hybridized carbons (Fsp3) is 0.429. The van der Waals surface area contributed by atoms with Crippen LogP contribution in [0.5, 0.6) is 0 Å². The van der Waals surface area contributed by atoms with Crippen molar-refractivity contribution in [2.45, 2.75) is 18.6 Å². The van der Waals surface area contributed by atoms with Crippen molar-refractivity contribution in [1.29, 1.82) is 0 Å². The van der Waals surface area contributed by atoms with Gasteiger partial charge in [0.15, 0.2) is 0 Å². The summed E-state index contributed by atoms with van der Waals surface area (Å²) in [6.45, 7) is -1.12. The summed E-state index contributed by atoms with van der Waals surface area (Å²) in [5.74, 6) is -1.26. The Labute approximate surface area is 185 Å². The van der Waals surface area contributed by atoms with Crippen LogP contribution in [0.2, 0.25) is 0 Å². The highest BCUT2D eigenvalue weighted by Gasteiger charge is 2.27. The van der Waals surface area contributed by atoms with Gasteiger partial charge < -0.3 is 31.5 Å². The number of rotatable bonds is 8. The molecule has 0 fully saturated rings. The molecule has 0 spiro atoms. The zero-order valence-electron chi connectivity index (χ0n) is 12.8. The van der Waals surface area contributed by atoms with Gasteiger partial charge in [-0.2, -0.15) is 0 Å². The lowest BCUT2D eigenvalue weighted by molar-refractivity contribution is 0.0800. The lowest BCUT2D eigenvalue weighted by Gasteiger charge is -2.19. The molecule has 1 aromatic carbocycles. The molecule has 2 atom stereocenters. The molecule has 0 aliphatic rings. The number of carbonyl (C=O) groups excluding carboxylic acids is 2. The van der Waals surface area contributed by atoms with Gasteiger partial charge in [-0.3, -0.25) is 9.59 Å². The monoisotopic (exact) mass is 690 g/mol. The van der Waals surface area contributed by atoms with Gasteiger partial charge in [0.1, 0.15) is 0 Å². The van der Waals surface area contributed by atoms with Crippen LogP contribution >= 0.6 is 67.8 Å². The molecule has 25 heavy (non-hydrogen) atoms. The number of hydrogen-bond acceptors (Lipinski definition) is 6. The van der Waals surface area contributed by atoms with Crippen LogP contribution in [-0.2, 0) is 6.42 Å². The smallest absolute Gasteiger partial charge is 0.253 e. The molecule has 140 valence electrons. The number of aliphatic hydroxyl groups excluding tert-OH is 4. The minimum atomic E-state index is -1.10. The highest BCUT2D eigenvalue weighted by Crippen LogP contribution is 2.32. The van der Waals surface area contributed by atoms with Gasteiger partial charge in [0.2, 0.25) is 0 Å². The normalized spacial score (nSPS) is 13.4. The molecule has 8 nitrogen and oxygen atoms in total. The van der Waals surface area contributed by atoms with E-state index in [0.29, 0.717) is 16.3 Å². The first kappa shape index (κ1) is 23.2. The first-order valence-electron chi connectivity index (χ1n) is 7.00. The molecule has 11 heteroatoms. The Bertz CT molecular complexity index is 671. The Hall–Kier alpha value is 0.190. The number of primary amides is 1. The van der Waals surface area contributed by atoms with Gasteiger partial charge in [0.25, 0.3) is 11.8 Å². The van der Waals surface area contributed by atoms with Crippen molar-refractivity contribution in [3.63, 3.8) is 0 Å². The van der Waals surface area contributed by atoms with Crippen molar-refractivity contribution in [1.82, 2.24) is 5.32 Å². The molecular weight excluding hydrogens is 673 g/mol. The Balaban J connectivity index is 3.45. The largest absolute Gasteiger partial charge is 0.394 e. The fourth-order valence-corrected chi connectivity index (χ4v) is 6.60. The van der Waals surface area contributed by atoms with E-state index in [1.54, 1.807) is 0 Å². The molecule has 0 heterocycles. The minimum absolute atomic E-state index is 0.0454. The van der Waals surface area contributed by atoms with Crippen molar-refractivity contribution in [2.24, 2.45) is 5.73 Å². The topological polar surface area (TPSA) is 153 Å². The number of halogens is 3. The van der Waals surface area contributed by atoms with Crippen LogP contribution in [0.15, 0.2) is 0 Å². The summed E-state index contributed by atoms with van der Waals surface area (Å²) in [5, 5.41) is 39.5. The first-order chi connectivity index (χ1) is 11.6. The minimum Gasteiger partial charge on any atom is -0.394 e. The maximum atomic E-state index is 12.5. The highest BCUT2D eigenvalue weighted by atomic mass is 127. The summed E-state index contributed by atoms with van der Waals surface area (Å²) in [7, 11) is 0. The van der Waals surface area contributed by atoms with Crippen molar-refractivity contribution < 1.29 is 30.0 Å². The van der Waals surface area contributed by atoms with Gasteiger partial charge >= 0.3 is 0 Å². The molecule has 2 unspecified atom stereocenters. The molecule has 1 rings (SSSR count). The van der Waals surface area contributed by atoms with Gasteiger partial charge in [-0.15, -0.1) is 0 Å². The quantitative estimate of drug-likeness (QED) is 0.204. The molecule has 0 aliphatic carbocycles. The molecule has 0 aliphatic heterocycles. The number of benzene rings is 1. The lowest BCUT2D eigenvalue weighted by atomic mass is 10.0. The summed E-state index contributed by atoms with van der Waals surface area (Å²) >= 11 is 5.72. The number of carbonyl (C=O) groups is 2. The first-order valence-corrected chi connectivity index (χ1v) is 10.2. The van der Waals surface area contributed by atoms with E-state index in [9.17, 15) is 19.8 Å². The molecule has 1 aromatic rings. The Morgan fingerprint density at radius 2 is 1.48 bits per heavy atom. The SMILES string of the molecule is NC(=O)c1c(I)c(CC(O)CO)c(I)c(C(=O)NCC(O)CO)c1I. The van der Waals surface area contributed by atoms with Crippen LogP contribution in [0.25, 0.3) is 0 Å². The standard InChI is InChI=1S/C14H17I3N2O6/c15-10-7(1-5(22)3-20)11(16)9(12(17)8(10)13(18)24)14(25)19-2-6(23)4-21/h5-6,20-23H,1-4H2,(H2,18,24)(H,19,25). The van der Waals surface area contributed by atoms with Crippen LogP contribution in [0.4, 0.5) is 0 Å². The summed E-state index contributed by atoms with van der Waals surface area (Å²) in [5.41, 5.74) is 6.33. The third kappa shape index (κ3) is 5.83. The average molecular weight is 690 g/mol. The van der Waals surface area contributed by atoms with E-state index < -0.39 is 37.2 Å². The van der Waals surface area contributed by atoms with Gasteiger partial charge in [0, 0.05) is 23.7 Å². The molecule has 0 saturated heterocycles. The van der Waals surface area contributed by atoms with Gasteiger partial charge in [-0.25, -0.2) is 0 Å².